The van der Waals surface area contributed by atoms with Gasteiger partial charge in [-0.05, 0) is 134 Å². The number of fused-ring (bicyclic) bond motifs is 13. The zero-order valence-corrected chi connectivity index (χ0v) is 32.9. The largest absolute Gasteiger partial charge is 0.134 e. The van der Waals surface area contributed by atoms with E-state index in [0.29, 0.717) is 0 Å². The molecule has 13 aromatic rings. The summed E-state index contributed by atoms with van der Waals surface area (Å²) in [6, 6.07) is 76.9. The van der Waals surface area contributed by atoms with Crippen LogP contribution >= 0.6 is 11.3 Å². The first-order valence-electron chi connectivity index (χ1n) is 20.4. The molecule has 0 aliphatic rings. The number of hydrogen-bond acceptors (Lipinski definition) is 1. The van der Waals surface area contributed by atoms with Crippen LogP contribution in [0, 0.1) is 0 Å². The lowest BCUT2D eigenvalue weighted by molar-refractivity contribution is 1.67. The molecule has 0 saturated heterocycles. The normalized spacial score (nSPS) is 12.1. The Labute approximate surface area is 344 Å². The molecule has 0 fully saturated rings. The van der Waals surface area contributed by atoms with Crippen LogP contribution in [0.5, 0.6) is 0 Å². The van der Waals surface area contributed by atoms with E-state index in [2.05, 4.69) is 206 Å². The molecule has 0 radical (unpaired) electrons. The summed E-state index contributed by atoms with van der Waals surface area (Å²) < 4.78 is 2.71. The van der Waals surface area contributed by atoms with E-state index in [1.807, 2.05) is 11.3 Å². The van der Waals surface area contributed by atoms with E-state index < -0.39 is 0 Å². The third kappa shape index (κ3) is 4.89. The topological polar surface area (TPSA) is 0 Å². The fourth-order valence-corrected chi connectivity index (χ4v) is 11.4. The standard InChI is InChI=1S/C58H34S/c1-2-14-43-35(12-1)13-11-23-46(43)56-50-20-8-6-18-48(50)55(49-19-7-9-21-51(49)56)41-29-28-37-30-36(24-25-38(37)31-41)39-26-27-40-33-53-54(34-42(40)32-39)59-58-52-22-10-4-16-45(52)44-15-3-5-17-47(44)57(53)58/h1-34H. The maximum Gasteiger partial charge on any atom is 0.0440 e. The minimum atomic E-state index is 1.23. The number of thiophene rings is 1. The molecular weight excluding hydrogens is 729 g/mol. The summed E-state index contributed by atoms with van der Waals surface area (Å²) in [5.41, 5.74) is 7.57. The van der Waals surface area contributed by atoms with E-state index >= 15 is 0 Å². The first kappa shape index (κ1) is 32.7. The van der Waals surface area contributed by atoms with E-state index in [1.54, 1.807) is 0 Å². The SMILES string of the molecule is c1ccc2c(-c3c4ccccc4c(-c4ccc5cc(-c6ccc7cc8c(cc7c6)sc6c7ccccc7c7ccccc7c86)ccc5c4)c4ccccc34)cccc2c1. The van der Waals surface area contributed by atoms with Crippen LogP contribution < -0.4 is 0 Å². The molecule has 12 aromatic carbocycles. The third-order valence-electron chi connectivity index (χ3n) is 12.8. The Morgan fingerprint density at radius 3 is 1.41 bits per heavy atom. The quantitative estimate of drug-likeness (QED) is 0.124. The van der Waals surface area contributed by atoms with Crippen LogP contribution in [0.15, 0.2) is 206 Å². The fourth-order valence-electron chi connectivity index (χ4n) is 10.1. The summed E-state index contributed by atoms with van der Waals surface area (Å²) in [4.78, 5) is 0. The van der Waals surface area contributed by atoms with Crippen LogP contribution in [-0.4, -0.2) is 0 Å². The Kier molecular flexibility index (Phi) is 6.98. The lowest BCUT2D eigenvalue weighted by Crippen LogP contribution is -1.91. The smallest absolute Gasteiger partial charge is 0.0440 e. The van der Waals surface area contributed by atoms with E-state index in [1.165, 1.54) is 129 Å². The van der Waals surface area contributed by atoms with Gasteiger partial charge in [0.15, 0.2) is 0 Å². The predicted molar refractivity (Wildman–Crippen MR) is 258 cm³/mol. The second kappa shape index (κ2) is 12.6. The van der Waals surface area contributed by atoms with Crippen molar-refractivity contribution in [1.82, 2.24) is 0 Å². The molecule has 1 heteroatoms. The molecule has 0 saturated carbocycles. The fraction of sp³-hybridized carbons (Fsp3) is 0. The molecule has 1 heterocycles. The van der Waals surface area contributed by atoms with E-state index in [9.17, 15) is 0 Å². The molecule has 1 aromatic heterocycles. The van der Waals surface area contributed by atoms with Gasteiger partial charge in [0.1, 0.15) is 0 Å². The Morgan fingerprint density at radius 2 is 0.729 bits per heavy atom. The molecule has 0 nitrogen and oxygen atoms in total. The van der Waals surface area contributed by atoms with Crippen molar-refractivity contribution in [3.8, 4) is 33.4 Å². The second-order valence-electron chi connectivity index (χ2n) is 16.0. The zero-order chi connectivity index (χ0) is 38.6. The number of hydrogen-bond donors (Lipinski definition) is 0. The summed E-state index contributed by atoms with van der Waals surface area (Å²) in [5, 5.41) is 20.7. The van der Waals surface area contributed by atoms with Gasteiger partial charge in [-0.1, -0.05) is 176 Å². The van der Waals surface area contributed by atoms with Gasteiger partial charge in [0.25, 0.3) is 0 Å². The van der Waals surface area contributed by atoms with Crippen molar-refractivity contribution in [1.29, 1.82) is 0 Å². The van der Waals surface area contributed by atoms with Crippen molar-refractivity contribution in [3.05, 3.63) is 206 Å². The van der Waals surface area contributed by atoms with Gasteiger partial charge in [0, 0.05) is 25.6 Å². The Balaban J connectivity index is 0.936. The summed E-state index contributed by atoms with van der Waals surface area (Å²) in [6.07, 6.45) is 0. The molecule has 0 bridgehead atoms. The first-order valence-corrected chi connectivity index (χ1v) is 21.2. The van der Waals surface area contributed by atoms with Crippen LogP contribution in [0.3, 0.4) is 0 Å². The van der Waals surface area contributed by atoms with E-state index in [0.717, 1.165) is 0 Å². The van der Waals surface area contributed by atoms with Crippen LogP contribution in [0.4, 0.5) is 0 Å². The lowest BCUT2D eigenvalue weighted by Gasteiger charge is -2.19. The zero-order valence-electron chi connectivity index (χ0n) is 32.0. The lowest BCUT2D eigenvalue weighted by atomic mass is 9.84. The van der Waals surface area contributed by atoms with Crippen LogP contribution in [-0.2, 0) is 0 Å². The van der Waals surface area contributed by atoms with Crippen LogP contribution in [0.25, 0.3) is 129 Å². The molecule has 0 amide bonds. The van der Waals surface area contributed by atoms with Gasteiger partial charge in [0.2, 0.25) is 0 Å². The van der Waals surface area contributed by atoms with Crippen molar-refractivity contribution in [2.75, 3.05) is 0 Å². The van der Waals surface area contributed by atoms with Crippen molar-refractivity contribution in [2.24, 2.45) is 0 Å². The van der Waals surface area contributed by atoms with Crippen molar-refractivity contribution in [3.63, 3.8) is 0 Å². The number of rotatable bonds is 3. The maximum absolute atomic E-state index is 2.42. The summed E-state index contributed by atoms with van der Waals surface area (Å²) in [5.74, 6) is 0. The van der Waals surface area contributed by atoms with Crippen molar-refractivity contribution in [2.45, 2.75) is 0 Å². The van der Waals surface area contributed by atoms with Crippen LogP contribution in [0.2, 0.25) is 0 Å². The average Bonchev–Trinajstić information content (AvgIpc) is 3.68. The molecule has 0 aliphatic heterocycles. The number of benzene rings is 12. The molecule has 0 unspecified atom stereocenters. The van der Waals surface area contributed by atoms with Gasteiger partial charge in [-0.15, -0.1) is 11.3 Å². The highest BCUT2D eigenvalue weighted by atomic mass is 32.1. The highest BCUT2D eigenvalue weighted by Crippen LogP contribution is 2.47. The highest BCUT2D eigenvalue weighted by molar-refractivity contribution is 7.27. The molecule has 0 spiro atoms. The third-order valence-corrected chi connectivity index (χ3v) is 13.9. The molecule has 0 aliphatic carbocycles. The molecule has 0 N–H and O–H groups in total. The maximum atomic E-state index is 2.42. The molecular formula is C58H34S. The summed E-state index contributed by atoms with van der Waals surface area (Å²) in [7, 11) is 0. The second-order valence-corrected chi connectivity index (χ2v) is 17.0. The molecule has 59 heavy (non-hydrogen) atoms. The minimum absolute atomic E-state index is 1.23. The van der Waals surface area contributed by atoms with Crippen molar-refractivity contribution < 1.29 is 0 Å². The minimum Gasteiger partial charge on any atom is -0.134 e. The van der Waals surface area contributed by atoms with Gasteiger partial charge in [-0.25, -0.2) is 0 Å². The summed E-state index contributed by atoms with van der Waals surface area (Å²) >= 11 is 1.92. The Morgan fingerprint density at radius 1 is 0.254 bits per heavy atom. The van der Waals surface area contributed by atoms with Crippen molar-refractivity contribution >= 4 is 107 Å². The van der Waals surface area contributed by atoms with Gasteiger partial charge in [-0.3, -0.25) is 0 Å². The Hall–Kier alpha value is -7.32. The molecule has 272 valence electrons. The summed E-state index contributed by atoms with van der Waals surface area (Å²) in [6.45, 7) is 0. The Bertz CT molecular complexity index is 3840. The monoisotopic (exact) mass is 762 g/mol. The van der Waals surface area contributed by atoms with Gasteiger partial charge >= 0.3 is 0 Å². The van der Waals surface area contributed by atoms with Gasteiger partial charge in [0.05, 0.1) is 0 Å². The van der Waals surface area contributed by atoms with Crippen LogP contribution in [0.1, 0.15) is 0 Å². The van der Waals surface area contributed by atoms with E-state index in [-0.39, 0.29) is 0 Å². The average molecular weight is 763 g/mol. The van der Waals surface area contributed by atoms with E-state index in [4.69, 9.17) is 0 Å². The molecule has 13 rings (SSSR count). The first-order chi connectivity index (χ1) is 29.2. The van der Waals surface area contributed by atoms with Gasteiger partial charge < -0.3 is 0 Å². The molecule has 0 atom stereocenters. The van der Waals surface area contributed by atoms with Gasteiger partial charge in [-0.2, -0.15) is 0 Å². The highest BCUT2D eigenvalue weighted by Gasteiger charge is 2.19. The predicted octanol–water partition coefficient (Wildman–Crippen LogP) is 17.1.